The third-order valence-electron chi connectivity index (χ3n) is 2.68. The second-order valence-electron chi connectivity index (χ2n) is 4.19. The maximum Gasteiger partial charge on any atom is 0.159 e. The largest absolute Gasteiger partial charge is 0.506 e. The van der Waals surface area contributed by atoms with Gasteiger partial charge in [0.15, 0.2) is 5.78 Å². The average Bonchev–Trinajstić information content (AvgIpc) is 2.41. The molecule has 0 aliphatic rings. The van der Waals surface area contributed by atoms with Gasteiger partial charge in [-0.1, -0.05) is 27.5 Å². The maximum atomic E-state index is 11.2. The molecule has 0 bridgehead atoms. The van der Waals surface area contributed by atoms with Crippen molar-refractivity contribution in [3.63, 3.8) is 0 Å². The molecule has 0 radical (unpaired) electrons. The number of halogens is 2. The van der Waals surface area contributed by atoms with Crippen LogP contribution in [0.1, 0.15) is 22.8 Å². The van der Waals surface area contributed by atoms with Gasteiger partial charge in [-0.05, 0) is 43.3 Å². The van der Waals surface area contributed by atoms with Crippen LogP contribution in [0.4, 0.5) is 5.69 Å². The van der Waals surface area contributed by atoms with E-state index < -0.39 is 0 Å². The zero-order valence-electron chi connectivity index (χ0n) is 10.6. The summed E-state index contributed by atoms with van der Waals surface area (Å²) in [5.74, 6) is -0.00378. The van der Waals surface area contributed by atoms with Crippen molar-refractivity contribution in [1.29, 1.82) is 0 Å². The number of Topliss-reactive ketones (excluding diaryl/α,β-unsaturated/α-hetero) is 1. The second-order valence-corrected chi connectivity index (χ2v) is 5.51. The Labute approximate surface area is 130 Å². The number of phenolic OH excluding ortho intramolecular Hbond substituents is 1. The Bertz CT molecular complexity index is 681. The molecule has 0 unspecified atom stereocenters. The van der Waals surface area contributed by atoms with Crippen molar-refractivity contribution in [3.8, 4) is 5.75 Å². The molecular weight excluding hydrogens is 342 g/mol. The van der Waals surface area contributed by atoms with Crippen molar-refractivity contribution < 1.29 is 9.90 Å². The predicted molar refractivity (Wildman–Crippen MR) is 84.5 cm³/mol. The first-order valence-electron chi connectivity index (χ1n) is 5.80. The highest BCUT2D eigenvalue weighted by atomic mass is 79.9. The number of carbonyl (C=O) groups excluding carboxylic acids is 1. The molecule has 0 aliphatic heterocycles. The summed E-state index contributed by atoms with van der Waals surface area (Å²) in [6.07, 6.45) is 1.52. The molecule has 1 N–H and O–H groups in total. The Kier molecular flexibility index (Phi) is 4.57. The quantitative estimate of drug-likeness (QED) is 0.639. The first-order valence-corrected chi connectivity index (χ1v) is 6.97. The summed E-state index contributed by atoms with van der Waals surface area (Å²) in [5, 5.41) is 10.1. The van der Waals surface area contributed by atoms with E-state index in [0.29, 0.717) is 16.8 Å². The Hall–Kier alpha value is -1.65. The van der Waals surface area contributed by atoms with Gasteiger partial charge in [0.25, 0.3) is 0 Å². The van der Waals surface area contributed by atoms with Crippen LogP contribution < -0.4 is 0 Å². The second kappa shape index (κ2) is 6.20. The highest BCUT2D eigenvalue weighted by Crippen LogP contribution is 2.30. The summed E-state index contributed by atoms with van der Waals surface area (Å²) in [6, 6.07) is 10.2. The fourth-order valence-electron chi connectivity index (χ4n) is 1.61. The molecule has 0 saturated carbocycles. The van der Waals surface area contributed by atoms with Gasteiger partial charge in [0.2, 0.25) is 0 Å². The summed E-state index contributed by atoms with van der Waals surface area (Å²) in [7, 11) is 0. The molecule has 0 aliphatic carbocycles. The van der Waals surface area contributed by atoms with Crippen molar-refractivity contribution in [3.05, 3.63) is 57.0 Å². The van der Waals surface area contributed by atoms with Gasteiger partial charge in [-0.3, -0.25) is 9.79 Å². The number of benzene rings is 2. The molecule has 5 heteroatoms. The fourth-order valence-corrected chi connectivity index (χ4v) is 2.44. The Balaban J connectivity index is 2.27. The SMILES string of the molecule is CC(=O)c1ccc(N=Cc2cc(Br)cc(Cl)c2O)cc1. The lowest BCUT2D eigenvalue weighted by Crippen LogP contribution is -1.89. The van der Waals surface area contributed by atoms with Crippen LogP contribution in [-0.4, -0.2) is 17.1 Å². The molecule has 0 aromatic heterocycles. The number of hydrogen-bond acceptors (Lipinski definition) is 3. The van der Waals surface area contributed by atoms with Gasteiger partial charge in [-0.25, -0.2) is 0 Å². The lowest BCUT2D eigenvalue weighted by Gasteiger charge is -2.02. The summed E-state index contributed by atoms with van der Waals surface area (Å²) < 4.78 is 0.758. The average molecular weight is 353 g/mol. The number of carbonyl (C=O) groups is 1. The van der Waals surface area contributed by atoms with Crippen molar-refractivity contribution in [1.82, 2.24) is 0 Å². The van der Waals surface area contributed by atoms with E-state index in [4.69, 9.17) is 11.6 Å². The normalized spacial score (nSPS) is 10.9. The van der Waals surface area contributed by atoms with Gasteiger partial charge >= 0.3 is 0 Å². The van der Waals surface area contributed by atoms with Crippen LogP contribution in [0.2, 0.25) is 5.02 Å². The molecule has 2 aromatic rings. The first-order chi connectivity index (χ1) is 9.47. The molecule has 0 heterocycles. The van der Waals surface area contributed by atoms with Crippen LogP contribution in [0.3, 0.4) is 0 Å². The van der Waals surface area contributed by atoms with E-state index in [2.05, 4.69) is 20.9 Å². The van der Waals surface area contributed by atoms with Crippen LogP contribution in [0, 0.1) is 0 Å². The number of nitrogens with zero attached hydrogens (tertiary/aromatic N) is 1. The Morgan fingerprint density at radius 1 is 1.30 bits per heavy atom. The maximum absolute atomic E-state index is 11.2. The number of hydrogen-bond donors (Lipinski definition) is 1. The summed E-state index contributed by atoms with van der Waals surface area (Å²) >= 11 is 9.18. The van der Waals surface area contributed by atoms with Crippen LogP contribution in [0.5, 0.6) is 5.75 Å². The first kappa shape index (κ1) is 14.8. The van der Waals surface area contributed by atoms with Gasteiger partial charge in [-0.15, -0.1) is 0 Å². The fraction of sp³-hybridized carbons (Fsp3) is 0.0667. The minimum Gasteiger partial charge on any atom is -0.506 e. The third kappa shape index (κ3) is 3.46. The molecule has 20 heavy (non-hydrogen) atoms. The number of rotatable bonds is 3. The molecule has 2 aromatic carbocycles. The molecule has 102 valence electrons. The van der Waals surface area contributed by atoms with Gasteiger partial charge in [0.1, 0.15) is 5.75 Å². The van der Waals surface area contributed by atoms with Crippen molar-refractivity contribution in [2.45, 2.75) is 6.92 Å². The topological polar surface area (TPSA) is 49.7 Å². The van der Waals surface area contributed by atoms with E-state index in [9.17, 15) is 9.90 Å². The minimum absolute atomic E-state index is 0.0111. The standard InChI is InChI=1S/C15H11BrClNO2/c1-9(19)10-2-4-13(5-3-10)18-8-11-6-12(16)7-14(17)15(11)20/h2-8,20H,1H3. The smallest absolute Gasteiger partial charge is 0.159 e. The van der Waals surface area contributed by atoms with Gasteiger partial charge in [0, 0.05) is 21.8 Å². The summed E-state index contributed by atoms with van der Waals surface area (Å²) in [4.78, 5) is 15.4. The van der Waals surface area contributed by atoms with E-state index in [1.807, 2.05) is 0 Å². The third-order valence-corrected chi connectivity index (χ3v) is 3.43. The van der Waals surface area contributed by atoms with E-state index >= 15 is 0 Å². The highest BCUT2D eigenvalue weighted by Gasteiger charge is 2.05. The highest BCUT2D eigenvalue weighted by molar-refractivity contribution is 9.10. The van der Waals surface area contributed by atoms with E-state index in [1.54, 1.807) is 36.4 Å². The van der Waals surface area contributed by atoms with Crippen LogP contribution in [0.25, 0.3) is 0 Å². The number of aliphatic imine (C=N–C) groups is 1. The molecule has 0 atom stereocenters. The molecule has 0 amide bonds. The monoisotopic (exact) mass is 351 g/mol. The van der Waals surface area contributed by atoms with Crippen molar-refractivity contribution in [2.24, 2.45) is 4.99 Å². The van der Waals surface area contributed by atoms with Crippen LogP contribution in [0.15, 0.2) is 45.9 Å². The molecule has 2 rings (SSSR count). The lowest BCUT2D eigenvalue weighted by atomic mass is 10.1. The van der Waals surface area contributed by atoms with Gasteiger partial charge < -0.3 is 5.11 Å². The molecule has 0 saturated heterocycles. The van der Waals surface area contributed by atoms with Crippen LogP contribution >= 0.6 is 27.5 Å². The Morgan fingerprint density at radius 3 is 2.55 bits per heavy atom. The van der Waals surface area contributed by atoms with E-state index in [1.165, 1.54) is 13.1 Å². The lowest BCUT2D eigenvalue weighted by molar-refractivity contribution is 0.101. The van der Waals surface area contributed by atoms with E-state index in [0.717, 1.165) is 4.47 Å². The Morgan fingerprint density at radius 2 is 1.95 bits per heavy atom. The van der Waals surface area contributed by atoms with Gasteiger partial charge in [0.05, 0.1) is 10.7 Å². The van der Waals surface area contributed by atoms with Crippen LogP contribution in [-0.2, 0) is 0 Å². The molecular formula is C15H11BrClNO2. The molecule has 0 fully saturated rings. The number of ketones is 1. The zero-order valence-corrected chi connectivity index (χ0v) is 12.9. The number of phenols is 1. The van der Waals surface area contributed by atoms with E-state index in [-0.39, 0.29) is 16.6 Å². The molecule has 3 nitrogen and oxygen atoms in total. The minimum atomic E-state index is -0.0148. The van der Waals surface area contributed by atoms with Gasteiger partial charge in [-0.2, -0.15) is 0 Å². The number of aromatic hydroxyl groups is 1. The van der Waals surface area contributed by atoms with Crippen molar-refractivity contribution >= 4 is 45.2 Å². The zero-order chi connectivity index (χ0) is 14.7. The van der Waals surface area contributed by atoms with Crippen molar-refractivity contribution in [2.75, 3.05) is 0 Å². The summed E-state index contributed by atoms with van der Waals surface area (Å²) in [5.41, 5.74) is 1.84. The molecule has 0 spiro atoms. The predicted octanol–water partition coefficient (Wildman–Crippen LogP) is 4.76. The summed E-state index contributed by atoms with van der Waals surface area (Å²) in [6.45, 7) is 1.51.